The third kappa shape index (κ3) is 2.10. The van der Waals surface area contributed by atoms with Crippen LogP contribution in [0.25, 0.3) is 0 Å². The molecule has 2 aromatic rings. The number of rotatable bonds is 1. The van der Waals surface area contributed by atoms with Crippen LogP contribution in [-0.4, -0.2) is 5.91 Å². The molecule has 2 nitrogen and oxygen atoms in total. The molecule has 19 heavy (non-hydrogen) atoms. The summed E-state index contributed by atoms with van der Waals surface area (Å²) in [6.07, 6.45) is 0. The number of hydrogen-bond acceptors (Lipinski definition) is 1. The Balaban J connectivity index is 2.18. The highest BCUT2D eigenvalue weighted by molar-refractivity contribution is 6.42. The van der Waals surface area contributed by atoms with Crippen LogP contribution in [0.15, 0.2) is 36.4 Å². The van der Waals surface area contributed by atoms with Gasteiger partial charge >= 0.3 is 0 Å². The van der Waals surface area contributed by atoms with E-state index in [0.29, 0.717) is 20.8 Å². The molecule has 0 saturated heterocycles. The zero-order chi connectivity index (χ0) is 13.6. The molecule has 0 bridgehead atoms. The Morgan fingerprint density at radius 1 is 0.895 bits per heavy atom. The number of carbonyl (C=O) groups excluding carboxylic acids is 1. The van der Waals surface area contributed by atoms with Gasteiger partial charge in [0.25, 0.3) is 0 Å². The summed E-state index contributed by atoms with van der Waals surface area (Å²) in [7, 11) is 0. The van der Waals surface area contributed by atoms with E-state index >= 15 is 0 Å². The van der Waals surface area contributed by atoms with Crippen molar-refractivity contribution in [3.05, 3.63) is 62.6 Å². The summed E-state index contributed by atoms with van der Waals surface area (Å²) < 4.78 is 0. The molecule has 1 heterocycles. The van der Waals surface area contributed by atoms with Crippen LogP contribution in [0, 0.1) is 0 Å². The Hall–Kier alpha value is -1.22. The molecule has 1 N–H and O–H groups in total. The van der Waals surface area contributed by atoms with Gasteiger partial charge in [-0.15, -0.1) is 0 Å². The van der Waals surface area contributed by atoms with Gasteiger partial charge < -0.3 is 5.32 Å². The Bertz CT molecular complexity index is 684. The molecular weight excluding hydrogens is 305 g/mol. The molecule has 0 spiro atoms. The van der Waals surface area contributed by atoms with Crippen LogP contribution in [0.5, 0.6) is 0 Å². The maximum Gasteiger partial charge on any atom is 0.236 e. The zero-order valence-electron chi connectivity index (χ0n) is 9.58. The summed E-state index contributed by atoms with van der Waals surface area (Å²) in [5.41, 5.74) is 2.25. The lowest BCUT2D eigenvalue weighted by Crippen LogP contribution is -2.13. The van der Waals surface area contributed by atoms with E-state index in [2.05, 4.69) is 5.32 Å². The molecule has 1 atom stereocenters. The molecule has 0 saturated carbocycles. The standard InChI is InChI=1S/C14H8Cl3NO/c15-9-4-2-1-3-7(9)13-8-5-10(16)11(17)6-12(8)18-14(13)19/h1-6,13H,(H,18,19). The quantitative estimate of drug-likeness (QED) is 0.810. The Kier molecular flexibility index (Phi) is 3.17. The van der Waals surface area contributed by atoms with Gasteiger partial charge in [0.15, 0.2) is 0 Å². The smallest absolute Gasteiger partial charge is 0.236 e. The molecule has 2 aromatic carbocycles. The number of hydrogen-bond donors (Lipinski definition) is 1. The number of fused-ring (bicyclic) bond motifs is 1. The summed E-state index contributed by atoms with van der Waals surface area (Å²) in [5.74, 6) is -0.570. The molecule has 0 aromatic heterocycles. The maximum absolute atomic E-state index is 12.2. The van der Waals surface area contributed by atoms with Gasteiger partial charge in [0, 0.05) is 10.7 Å². The largest absolute Gasteiger partial charge is 0.325 e. The number of amides is 1. The van der Waals surface area contributed by atoms with Gasteiger partial charge in [0.1, 0.15) is 0 Å². The second kappa shape index (κ2) is 4.71. The molecule has 0 fully saturated rings. The monoisotopic (exact) mass is 311 g/mol. The SMILES string of the molecule is O=C1Nc2cc(Cl)c(Cl)cc2C1c1ccccc1Cl. The number of carbonyl (C=O) groups is 1. The van der Waals surface area contributed by atoms with Crippen LogP contribution in [0.4, 0.5) is 5.69 Å². The molecular formula is C14H8Cl3NO. The van der Waals surface area contributed by atoms with Crippen molar-refractivity contribution >= 4 is 46.4 Å². The van der Waals surface area contributed by atoms with Gasteiger partial charge in [-0.25, -0.2) is 0 Å². The average Bonchev–Trinajstić information content (AvgIpc) is 2.66. The first kappa shape index (κ1) is 12.8. The average molecular weight is 313 g/mol. The van der Waals surface area contributed by atoms with Gasteiger partial charge in [-0.3, -0.25) is 4.79 Å². The Morgan fingerprint density at radius 3 is 2.32 bits per heavy atom. The lowest BCUT2D eigenvalue weighted by molar-refractivity contribution is -0.116. The van der Waals surface area contributed by atoms with Crippen molar-refractivity contribution in [3.63, 3.8) is 0 Å². The predicted molar refractivity (Wildman–Crippen MR) is 78.4 cm³/mol. The van der Waals surface area contributed by atoms with E-state index in [1.165, 1.54) is 0 Å². The van der Waals surface area contributed by atoms with E-state index in [9.17, 15) is 4.79 Å². The summed E-state index contributed by atoms with van der Waals surface area (Å²) in [6, 6.07) is 10.7. The summed E-state index contributed by atoms with van der Waals surface area (Å²) >= 11 is 18.2. The molecule has 0 radical (unpaired) electrons. The van der Waals surface area contributed by atoms with E-state index in [1.807, 2.05) is 18.2 Å². The fraction of sp³-hybridized carbons (Fsp3) is 0.0714. The normalized spacial score (nSPS) is 17.2. The molecule has 1 amide bonds. The van der Waals surface area contributed by atoms with Crippen molar-refractivity contribution in [1.29, 1.82) is 0 Å². The number of anilines is 1. The minimum absolute atomic E-state index is 0.124. The third-order valence-corrected chi connectivity index (χ3v) is 4.21. The fourth-order valence-corrected chi connectivity index (χ4v) is 2.85. The summed E-state index contributed by atoms with van der Waals surface area (Å²) in [4.78, 5) is 12.2. The molecule has 5 heteroatoms. The maximum atomic E-state index is 12.2. The van der Waals surface area contributed by atoms with Crippen molar-refractivity contribution in [1.82, 2.24) is 0 Å². The Labute approximate surface area is 125 Å². The molecule has 0 aliphatic carbocycles. The van der Waals surface area contributed by atoms with Gasteiger partial charge in [-0.05, 0) is 29.3 Å². The molecule has 1 aliphatic rings. The topological polar surface area (TPSA) is 29.1 Å². The van der Waals surface area contributed by atoms with Gasteiger partial charge in [0.05, 0.1) is 16.0 Å². The van der Waals surface area contributed by atoms with Crippen molar-refractivity contribution in [2.24, 2.45) is 0 Å². The number of nitrogens with one attached hydrogen (secondary N) is 1. The lowest BCUT2D eigenvalue weighted by Gasteiger charge is -2.11. The predicted octanol–water partition coefficient (Wildman–Crippen LogP) is 4.73. The highest BCUT2D eigenvalue weighted by atomic mass is 35.5. The molecule has 1 aliphatic heterocycles. The van der Waals surface area contributed by atoms with Crippen LogP contribution in [-0.2, 0) is 4.79 Å². The first-order valence-electron chi connectivity index (χ1n) is 5.62. The second-order valence-electron chi connectivity index (χ2n) is 4.30. The van der Waals surface area contributed by atoms with Gasteiger partial charge in [-0.1, -0.05) is 53.0 Å². The number of benzene rings is 2. The van der Waals surface area contributed by atoms with E-state index in [4.69, 9.17) is 34.8 Å². The zero-order valence-corrected chi connectivity index (χ0v) is 11.9. The fourth-order valence-electron chi connectivity index (χ4n) is 2.27. The van der Waals surface area contributed by atoms with Crippen LogP contribution in [0.2, 0.25) is 15.1 Å². The van der Waals surface area contributed by atoms with Crippen LogP contribution >= 0.6 is 34.8 Å². The van der Waals surface area contributed by atoms with E-state index in [0.717, 1.165) is 11.1 Å². The van der Waals surface area contributed by atoms with Crippen molar-refractivity contribution in [2.75, 3.05) is 5.32 Å². The van der Waals surface area contributed by atoms with Crippen molar-refractivity contribution < 1.29 is 4.79 Å². The van der Waals surface area contributed by atoms with Crippen LogP contribution < -0.4 is 5.32 Å². The molecule has 96 valence electrons. The van der Waals surface area contributed by atoms with E-state index < -0.39 is 5.92 Å². The third-order valence-electron chi connectivity index (χ3n) is 3.14. The molecule has 1 unspecified atom stereocenters. The minimum atomic E-state index is -0.446. The van der Waals surface area contributed by atoms with Crippen LogP contribution in [0.1, 0.15) is 17.0 Å². The van der Waals surface area contributed by atoms with Crippen molar-refractivity contribution in [2.45, 2.75) is 5.92 Å². The lowest BCUT2D eigenvalue weighted by atomic mass is 9.92. The summed E-state index contributed by atoms with van der Waals surface area (Å²) in [5, 5.41) is 4.20. The minimum Gasteiger partial charge on any atom is -0.325 e. The van der Waals surface area contributed by atoms with Crippen LogP contribution in [0.3, 0.4) is 0 Å². The summed E-state index contributed by atoms with van der Waals surface area (Å²) in [6.45, 7) is 0. The Morgan fingerprint density at radius 2 is 1.58 bits per heavy atom. The van der Waals surface area contributed by atoms with Crippen molar-refractivity contribution in [3.8, 4) is 0 Å². The highest BCUT2D eigenvalue weighted by Crippen LogP contribution is 2.42. The first-order valence-corrected chi connectivity index (χ1v) is 6.75. The van der Waals surface area contributed by atoms with Gasteiger partial charge in [-0.2, -0.15) is 0 Å². The first-order chi connectivity index (χ1) is 9.08. The second-order valence-corrected chi connectivity index (χ2v) is 5.52. The van der Waals surface area contributed by atoms with E-state index in [-0.39, 0.29) is 5.91 Å². The highest BCUT2D eigenvalue weighted by Gasteiger charge is 2.33. The molecule has 3 rings (SSSR count). The van der Waals surface area contributed by atoms with E-state index in [1.54, 1.807) is 18.2 Å². The van der Waals surface area contributed by atoms with Gasteiger partial charge in [0.2, 0.25) is 5.91 Å². The number of halogens is 3.